The van der Waals surface area contributed by atoms with E-state index in [1.807, 2.05) is 32.3 Å². The Morgan fingerprint density at radius 2 is 1.89 bits per heavy atom. The van der Waals surface area contributed by atoms with Gasteiger partial charge in [-0.1, -0.05) is 26.0 Å². The molecule has 0 saturated carbocycles. The Bertz CT molecular complexity index is 779. The van der Waals surface area contributed by atoms with E-state index in [0.29, 0.717) is 0 Å². The molecule has 0 aliphatic carbocycles. The zero-order valence-electron chi connectivity index (χ0n) is 15.8. The van der Waals surface area contributed by atoms with Gasteiger partial charge in [-0.05, 0) is 50.5 Å². The van der Waals surface area contributed by atoms with Crippen LogP contribution in [-0.4, -0.2) is 16.2 Å². The molecule has 0 aliphatic heterocycles. The van der Waals surface area contributed by atoms with E-state index in [4.69, 9.17) is 4.74 Å². The van der Waals surface area contributed by atoms with Crippen molar-refractivity contribution in [3.63, 3.8) is 0 Å². The monoisotopic (exact) mass is 384 g/mol. The molecule has 0 saturated heterocycles. The topological polar surface area (TPSA) is 71.5 Å². The zero-order valence-corrected chi connectivity index (χ0v) is 15.8. The number of pyridine rings is 1. The van der Waals surface area contributed by atoms with Crippen molar-refractivity contribution in [2.75, 3.05) is 0 Å². The molecule has 0 amide bonds. The van der Waals surface area contributed by atoms with E-state index in [-0.39, 0.29) is 28.6 Å². The lowest BCUT2D eigenvalue weighted by Crippen LogP contribution is -2.17. The average Bonchev–Trinajstić information content (AvgIpc) is 2.58. The number of carbonyl (C=O) groups is 1. The first-order chi connectivity index (χ1) is 12.5. The quantitative estimate of drug-likeness (QED) is 0.315. The Kier molecular flexibility index (Phi) is 7.78. The summed E-state index contributed by atoms with van der Waals surface area (Å²) in [6.07, 6.45) is 0.294. The summed E-state index contributed by atoms with van der Waals surface area (Å²) in [6, 6.07) is 1.74. The number of halogens is 3. The smallest absolute Gasteiger partial charge is 0.421 e. The molecule has 5 nitrogen and oxygen atoms in total. The van der Waals surface area contributed by atoms with Crippen molar-refractivity contribution in [1.82, 2.24) is 10.5 Å². The molecule has 0 bridgehead atoms. The van der Waals surface area contributed by atoms with E-state index < -0.39 is 17.8 Å². The maximum absolute atomic E-state index is 12.7. The summed E-state index contributed by atoms with van der Waals surface area (Å²) in [5.74, 6) is -0.727. The second kappa shape index (κ2) is 9.36. The van der Waals surface area contributed by atoms with E-state index in [2.05, 4.69) is 4.98 Å². The summed E-state index contributed by atoms with van der Waals surface area (Å²) in [6.45, 7) is 8.61. The third kappa shape index (κ3) is 5.96. The number of hydrogen-bond acceptors (Lipinski definition) is 5. The van der Waals surface area contributed by atoms with Crippen molar-refractivity contribution >= 4 is 5.97 Å². The van der Waals surface area contributed by atoms with Crippen molar-refractivity contribution in [2.24, 2.45) is 5.92 Å². The first kappa shape index (κ1) is 22.4. The zero-order chi connectivity index (χ0) is 20.8. The molecule has 0 atom stereocenters. The summed E-state index contributed by atoms with van der Waals surface area (Å²) in [4.78, 5) is 15.9. The lowest BCUT2D eigenvalue weighted by Gasteiger charge is -2.15. The van der Waals surface area contributed by atoms with Crippen molar-refractivity contribution < 1.29 is 27.9 Å². The van der Waals surface area contributed by atoms with Gasteiger partial charge < -0.3 is 4.74 Å². The number of alkyl halides is 3. The van der Waals surface area contributed by atoms with Crippen molar-refractivity contribution in [3.8, 4) is 0 Å². The highest BCUT2D eigenvalue weighted by Crippen LogP contribution is 2.28. The van der Waals surface area contributed by atoms with Crippen LogP contribution in [0.25, 0.3) is 0 Å². The number of carbonyl (C=O) groups excluding carboxylic acids is 1. The molecule has 0 aromatic carbocycles. The van der Waals surface area contributed by atoms with Gasteiger partial charge in [0.1, 0.15) is 5.69 Å². The highest BCUT2D eigenvalue weighted by molar-refractivity contribution is 5.91. The molecule has 0 spiro atoms. The normalized spacial score (nSPS) is 13.8. The molecule has 0 unspecified atom stereocenters. The van der Waals surface area contributed by atoms with E-state index in [0.717, 1.165) is 17.7 Å². The molecule has 1 aromatic heterocycles. The molecule has 1 rings (SSSR count). The van der Waals surface area contributed by atoms with Gasteiger partial charge in [0, 0.05) is 0 Å². The van der Waals surface area contributed by atoms with Gasteiger partial charge in [0.05, 0.1) is 17.0 Å². The molecule has 27 heavy (non-hydrogen) atoms. The van der Waals surface area contributed by atoms with Crippen molar-refractivity contribution in [2.45, 2.75) is 40.8 Å². The van der Waals surface area contributed by atoms with Gasteiger partial charge >= 0.3 is 12.1 Å². The molecular formula is C19H23F3N2O3. The molecule has 8 heteroatoms. The number of nitrogens with one attached hydrogen (secondary N) is 1. The van der Waals surface area contributed by atoms with Crippen LogP contribution in [0.15, 0.2) is 47.4 Å². The van der Waals surface area contributed by atoms with Crippen LogP contribution in [0.5, 0.6) is 0 Å². The Labute approximate surface area is 156 Å². The molecule has 1 aromatic rings. The van der Waals surface area contributed by atoms with Crippen LogP contribution in [0.4, 0.5) is 13.2 Å². The number of esters is 1. The van der Waals surface area contributed by atoms with E-state index in [1.165, 1.54) is 13.0 Å². The summed E-state index contributed by atoms with van der Waals surface area (Å²) in [5, 5.41) is 9.28. The largest absolute Gasteiger partial charge is 0.433 e. The van der Waals surface area contributed by atoms with Crippen molar-refractivity contribution in [1.29, 1.82) is 0 Å². The van der Waals surface area contributed by atoms with Crippen LogP contribution < -0.4 is 5.48 Å². The first-order valence-electron chi connectivity index (χ1n) is 8.26. The van der Waals surface area contributed by atoms with Gasteiger partial charge in [-0.3, -0.25) is 10.7 Å². The number of allylic oxidation sites excluding steroid dienone is 4. The summed E-state index contributed by atoms with van der Waals surface area (Å²) < 4.78 is 43.5. The maximum Gasteiger partial charge on any atom is 0.433 e. The van der Waals surface area contributed by atoms with Crippen LogP contribution >= 0.6 is 0 Å². The second-order valence-electron chi connectivity index (χ2n) is 5.98. The summed E-state index contributed by atoms with van der Waals surface area (Å²) >= 11 is 0. The molecule has 1 heterocycles. The van der Waals surface area contributed by atoms with Gasteiger partial charge in [0.25, 0.3) is 0 Å². The fourth-order valence-electron chi connectivity index (χ4n) is 2.25. The Balaban J connectivity index is 3.27. The van der Waals surface area contributed by atoms with Gasteiger partial charge in [-0.15, -0.1) is 0 Å². The van der Waals surface area contributed by atoms with E-state index in [9.17, 15) is 23.2 Å². The Morgan fingerprint density at radius 3 is 2.30 bits per heavy atom. The third-order valence-corrected chi connectivity index (χ3v) is 3.77. The fourth-order valence-corrected chi connectivity index (χ4v) is 2.25. The molecule has 0 radical (unpaired) electrons. The molecule has 2 N–H and O–H groups in total. The maximum atomic E-state index is 12.7. The number of aromatic nitrogens is 1. The van der Waals surface area contributed by atoms with Crippen LogP contribution in [-0.2, 0) is 10.9 Å². The number of ether oxygens (including phenoxy) is 1. The Morgan fingerprint density at radius 1 is 1.26 bits per heavy atom. The molecular weight excluding hydrogens is 361 g/mol. The minimum atomic E-state index is -4.60. The highest BCUT2D eigenvalue weighted by atomic mass is 19.4. The van der Waals surface area contributed by atoms with E-state index >= 15 is 0 Å². The number of rotatable bonds is 6. The highest BCUT2D eigenvalue weighted by Gasteiger charge is 2.33. The molecule has 148 valence electrons. The Hall–Kier alpha value is -2.61. The predicted octanol–water partition coefficient (Wildman–Crippen LogP) is 4.93. The predicted molar refractivity (Wildman–Crippen MR) is 94.7 cm³/mol. The van der Waals surface area contributed by atoms with Gasteiger partial charge in [-0.25, -0.2) is 9.78 Å². The van der Waals surface area contributed by atoms with Crippen LogP contribution in [0.1, 0.15) is 49.4 Å². The number of hydrogen-bond donors (Lipinski definition) is 2. The van der Waals surface area contributed by atoms with Gasteiger partial charge in [0.15, 0.2) is 5.76 Å². The lowest BCUT2D eigenvalue weighted by molar-refractivity contribution is -0.141. The molecule has 0 aliphatic rings. The number of nitrogens with zero attached hydrogens (tertiary/aromatic N) is 1. The number of aryl methyl sites for hydroxylation is 1. The van der Waals surface area contributed by atoms with Crippen LogP contribution in [0, 0.1) is 12.8 Å². The van der Waals surface area contributed by atoms with Crippen molar-refractivity contribution in [3.05, 3.63) is 64.3 Å². The third-order valence-electron chi connectivity index (χ3n) is 3.77. The fraction of sp³-hybridized carbons (Fsp3) is 0.368. The van der Waals surface area contributed by atoms with Crippen LogP contribution in [0.2, 0.25) is 0 Å². The van der Waals surface area contributed by atoms with Gasteiger partial charge in [-0.2, -0.15) is 13.2 Å². The summed E-state index contributed by atoms with van der Waals surface area (Å²) in [5.41, 5.74) is 1.63. The van der Waals surface area contributed by atoms with E-state index in [1.54, 1.807) is 13.0 Å². The van der Waals surface area contributed by atoms with Crippen LogP contribution in [0.3, 0.4) is 0 Å². The minimum Gasteiger partial charge on any atom is -0.421 e. The van der Waals surface area contributed by atoms with Gasteiger partial charge in [0.2, 0.25) is 0 Å². The minimum absolute atomic E-state index is 0.0334. The SMILES string of the molecule is C\C=C(/C=C(OC(=O)c1ccc(C(F)(F)F)nc1C)\C(=C/C)NO)C(C)C. The first-order valence-corrected chi connectivity index (χ1v) is 8.26. The average molecular weight is 384 g/mol. The summed E-state index contributed by atoms with van der Waals surface area (Å²) in [7, 11) is 0. The molecule has 0 fully saturated rings. The lowest BCUT2D eigenvalue weighted by atomic mass is 10.0. The number of hydroxylamine groups is 1. The second-order valence-corrected chi connectivity index (χ2v) is 5.98. The standard InChI is InChI=1S/C19H23F3N2O3/c1-6-13(11(3)4)10-16(15(7-2)24-26)27-18(25)14-8-9-17(19(20,21)22)23-12(14)5/h6-11,24,26H,1-5H3/b13-6+,15-7+,16-10+.